The summed E-state index contributed by atoms with van der Waals surface area (Å²) in [5.41, 5.74) is 0.727. The zero-order valence-electron chi connectivity index (χ0n) is 29.7. The van der Waals surface area contributed by atoms with Crippen LogP contribution in [0.15, 0.2) is 42.0 Å². The van der Waals surface area contributed by atoms with Gasteiger partial charge in [-0.2, -0.15) is 0 Å². The van der Waals surface area contributed by atoms with Gasteiger partial charge in [0.25, 0.3) is 0 Å². The molecule has 0 heterocycles. The number of hydrogen-bond acceptors (Lipinski definition) is 6. The van der Waals surface area contributed by atoms with Crippen molar-refractivity contribution in [1.82, 2.24) is 0 Å². The van der Waals surface area contributed by atoms with Gasteiger partial charge in [0.15, 0.2) is 5.78 Å². The summed E-state index contributed by atoms with van der Waals surface area (Å²) in [5.74, 6) is -0.534. The quantitative estimate of drug-likeness (QED) is 0.277. The molecule has 0 aliphatic heterocycles. The molecular weight excluding hydrogens is 588 g/mol. The van der Waals surface area contributed by atoms with Gasteiger partial charge in [-0.05, 0) is 103 Å². The molecule has 1 aromatic carbocycles. The Kier molecular flexibility index (Phi) is 8.48. The summed E-state index contributed by atoms with van der Waals surface area (Å²) in [4.78, 5) is 52.8. The van der Waals surface area contributed by atoms with Crippen LogP contribution in [0.5, 0.6) is 0 Å². The fourth-order valence-corrected chi connectivity index (χ4v) is 11.6. The monoisotopic (exact) mass is 643 g/mol. The largest absolute Gasteiger partial charge is 0.462 e. The van der Waals surface area contributed by atoms with Gasteiger partial charge < -0.3 is 9.47 Å². The van der Waals surface area contributed by atoms with Crippen LogP contribution in [-0.4, -0.2) is 30.1 Å². The molecule has 4 fully saturated rings. The number of benzene rings is 1. The Balaban J connectivity index is 1.27. The van der Waals surface area contributed by atoms with Gasteiger partial charge in [0, 0.05) is 16.7 Å². The van der Waals surface area contributed by atoms with Crippen molar-refractivity contribution in [3.8, 4) is 0 Å². The van der Waals surface area contributed by atoms with E-state index in [1.807, 2.05) is 43.3 Å². The summed E-state index contributed by atoms with van der Waals surface area (Å²) in [6.45, 7) is 16.2. The standard InChI is InChI=1S/C41H55O6/c1-36(2)17-16-32(47-34(45)14-13-33(44)46-25-27-11-9-8-10-12-27)41(7)31(36)15-18-40(6)35(41)30(43)23-28-29-24-37(3,26-42)19-20-38(29,4)21-22-39(28,40)5/h8-12,23,29,31-32,35H,13-22,24-25H2,1-7H3/t29-,31-,32?,35-,37-,38+,39+,40+,41+/m0/s1. The third kappa shape index (κ3) is 5.44. The molecule has 5 aliphatic carbocycles. The third-order valence-electron chi connectivity index (χ3n) is 14.7. The van der Waals surface area contributed by atoms with Crippen LogP contribution < -0.4 is 0 Å². The highest BCUT2D eigenvalue weighted by Crippen LogP contribution is 2.75. The molecule has 5 aliphatic rings. The molecule has 1 aromatic rings. The fourth-order valence-electron chi connectivity index (χ4n) is 11.6. The Hall–Kier alpha value is -2.76. The summed E-state index contributed by atoms with van der Waals surface area (Å²) in [6, 6.07) is 9.50. The van der Waals surface area contributed by atoms with Crippen molar-refractivity contribution in [1.29, 1.82) is 0 Å². The van der Waals surface area contributed by atoms with E-state index in [4.69, 9.17) is 9.47 Å². The van der Waals surface area contributed by atoms with E-state index < -0.39 is 28.9 Å². The second kappa shape index (κ2) is 11.7. The SMILES string of the molecule is CC1(C)CCC(OC(=O)CCC(=O)OCc2ccccc2)[C@]2(C)[C@H]3C(=O)C=C4[C@@H]5C[C@@](C)([C]=O)CC[C@]5(C)CC[C@@]4(C)[C@]3(C)CC[C@@H]12. The zero-order chi connectivity index (χ0) is 34.0. The minimum atomic E-state index is -0.543. The van der Waals surface area contributed by atoms with Gasteiger partial charge in [-0.1, -0.05) is 84.4 Å². The molecule has 6 rings (SSSR count). The van der Waals surface area contributed by atoms with Crippen LogP contribution in [0, 0.1) is 50.2 Å². The molecule has 1 unspecified atom stereocenters. The molecule has 0 amide bonds. The van der Waals surface area contributed by atoms with Gasteiger partial charge in [-0.25, -0.2) is 0 Å². The van der Waals surface area contributed by atoms with Crippen molar-refractivity contribution < 1.29 is 28.7 Å². The van der Waals surface area contributed by atoms with Gasteiger partial charge in [-0.3, -0.25) is 19.2 Å². The number of allylic oxidation sites excluding steroid dienone is 2. The molecule has 47 heavy (non-hydrogen) atoms. The second-order valence-electron chi connectivity index (χ2n) is 17.9. The molecule has 0 bridgehead atoms. The molecule has 0 N–H and O–H groups in total. The fraction of sp³-hybridized carbons (Fsp3) is 0.707. The van der Waals surface area contributed by atoms with Crippen LogP contribution in [-0.2, 0) is 35.3 Å². The Morgan fingerprint density at radius 3 is 2.23 bits per heavy atom. The predicted octanol–water partition coefficient (Wildman–Crippen LogP) is 8.51. The van der Waals surface area contributed by atoms with E-state index in [1.54, 1.807) is 0 Å². The Labute approximate surface area is 281 Å². The average Bonchev–Trinajstić information content (AvgIpc) is 3.02. The number of ether oxygens (including phenoxy) is 2. The predicted molar refractivity (Wildman–Crippen MR) is 180 cm³/mol. The normalized spacial score (nSPS) is 42.0. The highest BCUT2D eigenvalue weighted by atomic mass is 16.5. The first kappa shape index (κ1) is 34.1. The minimum Gasteiger partial charge on any atom is -0.462 e. The smallest absolute Gasteiger partial charge is 0.306 e. The lowest BCUT2D eigenvalue weighted by molar-refractivity contribution is -0.225. The molecule has 1 radical (unpaired) electrons. The van der Waals surface area contributed by atoms with E-state index in [0.29, 0.717) is 6.42 Å². The highest BCUT2D eigenvalue weighted by molar-refractivity contribution is 5.96. The molecule has 6 heteroatoms. The molecule has 255 valence electrons. The number of ketones is 1. The number of hydrogen-bond donors (Lipinski definition) is 0. The summed E-state index contributed by atoms with van der Waals surface area (Å²) >= 11 is 0. The van der Waals surface area contributed by atoms with Crippen LogP contribution >= 0.6 is 0 Å². The minimum absolute atomic E-state index is 0.00151. The first-order valence-electron chi connectivity index (χ1n) is 18.1. The van der Waals surface area contributed by atoms with Crippen molar-refractivity contribution in [2.24, 2.45) is 50.2 Å². The first-order chi connectivity index (χ1) is 22.0. The van der Waals surface area contributed by atoms with Gasteiger partial charge in [0.2, 0.25) is 6.29 Å². The molecule has 6 nitrogen and oxygen atoms in total. The van der Waals surface area contributed by atoms with Crippen LogP contribution in [0.3, 0.4) is 0 Å². The average molecular weight is 644 g/mol. The van der Waals surface area contributed by atoms with E-state index in [1.165, 1.54) is 5.57 Å². The number of rotatable bonds is 7. The van der Waals surface area contributed by atoms with Crippen LogP contribution in [0.2, 0.25) is 0 Å². The van der Waals surface area contributed by atoms with Gasteiger partial charge in [0.1, 0.15) is 12.7 Å². The molecule has 4 saturated carbocycles. The molecule has 0 saturated heterocycles. The summed E-state index contributed by atoms with van der Waals surface area (Å²) in [5, 5.41) is 0. The lowest BCUT2D eigenvalue weighted by atomic mass is 9.33. The number of carbonyl (C=O) groups excluding carboxylic acids is 4. The van der Waals surface area contributed by atoms with Crippen molar-refractivity contribution in [2.45, 2.75) is 132 Å². The summed E-state index contributed by atoms with van der Waals surface area (Å²) in [7, 11) is 0. The van der Waals surface area contributed by atoms with Crippen LogP contribution in [0.25, 0.3) is 0 Å². The number of esters is 2. The maximum Gasteiger partial charge on any atom is 0.306 e. The number of fused-ring (bicyclic) bond motifs is 7. The Morgan fingerprint density at radius 2 is 1.53 bits per heavy atom. The topological polar surface area (TPSA) is 86.7 Å². The van der Waals surface area contributed by atoms with Gasteiger partial charge >= 0.3 is 11.9 Å². The van der Waals surface area contributed by atoms with Gasteiger partial charge in [0.05, 0.1) is 12.8 Å². The van der Waals surface area contributed by atoms with Crippen molar-refractivity contribution in [3.63, 3.8) is 0 Å². The van der Waals surface area contributed by atoms with E-state index in [-0.39, 0.29) is 64.6 Å². The van der Waals surface area contributed by atoms with E-state index in [9.17, 15) is 19.2 Å². The highest BCUT2D eigenvalue weighted by Gasteiger charge is 2.71. The molecular formula is C41H55O6. The van der Waals surface area contributed by atoms with E-state index in [2.05, 4.69) is 47.8 Å². The van der Waals surface area contributed by atoms with Crippen LogP contribution in [0.1, 0.15) is 125 Å². The lowest BCUT2D eigenvalue weighted by Gasteiger charge is -2.70. The second-order valence-corrected chi connectivity index (χ2v) is 17.9. The van der Waals surface area contributed by atoms with E-state index in [0.717, 1.165) is 56.9 Å². The summed E-state index contributed by atoms with van der Waals surface area (Å²) < 4.78 is 11.8. The maximum absolute atomic E-state index is 14.8. The van der Waals surface area contributed by atoms with Crippen LogP contribution in [0.4, 0.5) is 0 Å². The lowest BCUT2D eigenvalue weighted by Crippen LogP contribution is -2.68. The van der Waals surface area contributed by atoms with E-state index >= 15 is 0 Å². The van der Waals surface area contributed by atoms with Crippen molar-refractivity contribution in [2.75, 3.05) is 0 Å². The Morgan fingerprint density at radius 1 is 0.851 bits per heavy atom. The first-order valence-corrected chi connectivity index (χ1v) is 18.1. The van der Waals surface area contributed by atoms with Crippen molar-refractivity contribution >= 4 is 24.0 Å². The zero-order valence-corrected chi connectivity index (χ0v) is 29.7. The number of carbonyl (C=O) groups is 3. The molecule has 0 spiro atoms. The third-order valence-corrected chi connectivity index (χ3v) is 14.7. The van der Waals surface area contributed by atoms with Gasteiger partial charge in [-0.15, -0.1) is 0 Å². The molecule has 0 aromatic heterocycles. The van der Waals surface area contributed by atoms with Crippen molar-refractivity contribution in [3.05, 3.63) is 47.5 Å². The Bertz CT molecular complexity index is 1460. The molecule has 9 atom stereocenters. The maximum atomic E-state index is 14.8. The summed E-state index contributed by atoms with van der Waals surface area (Å²) in [6.07, 6.45) is 12.2.